The van der Waals surface area contributed by atoms with E-state index in [1.165, 1.54) is 0 Å². The lowest BCUT2D eigenvalue weighted by atomic mass is 9.90. The van der Waals surface area contributed by atoms with Crippen LogP contribution < -0.4 is 5.73 Å². The van der Waals surface area contributed by atoms with Crippen molar-refractivity contribution < 1.29 is 9.84 Å². The van der Waals surface area contributed by atoms with E-state index in [1.807, 2.05) is 30.3 Å². The lowest BCUT2D eigenvalue weighted by Crippen LogP contribution is -2.38. The third kappa shape index (κ3) is 3.54. The molecule has 1 aliphatic rings. The fourth-order valence-corrected chi connectivity index (χ4v) is 2.65. The standard InChI is InChI=1S/C15H24N2O2/c1-19-14-7-9-17(11-14)10-8-15(18,12-16)13-5-3-2-4-6-13/h2-6,14,18H,7-12,16H2,1H3. The number of rotatable bonds is 6. The molecule has 0 aromatic heterocycles. The van der Waals surface area contributed by atoms with Crippen molar-refractivity contribution in [3.63, 3.8) is 0 Å². The second kappa shape index (κ2) is 6.48. The predicted molar refractivity (Wildman–Crippen MR) is 75.9 cm³/mol. The Hall–Kier alpha value is -0.940. The Morgan fingerprint density at radius 2 is 2.16 bits per heavy atom. The topological polar surface area (TPSA) is 58.7 Å². The van der Waals surface area contributed by atoms with Crippen LogP contribution in [0.1, 0.15) is 18.4 Å². The van der Waals surface area contributed by atoms with Gasteiger partial charge in [-0.25, -0.2) is 0 Å². The molecule has 4 nitrogen and oxygen atoms in total. The van der Waals surface area contributed by atoms with Crippen molar-refractivity contribution in [3.05, 3.63) is 35.9 Å². The number of hydrogen-bond donors (Lipinski definition) is 2. The van der Waals surface area contributed by atoms with Crippen LogP contribution in [0.5, 0.6) is 0 Å². The summed E-state index contributed by atoms with van der Waals surface area (Å²) in [5.74, 6) is 0. The molecule has 2 rings (SSSR count). The maximum absolute atomic E-state index is 10.7. The van der Waals surface area contributed by atoms with E-state index in [0.29, 0.717) is 12.5 Å². The number of benzene rings is 1. The second-order valence-corrected chi connectivity index (χ2v) is 5.30. The van der Waals surface area contributed by atoms with E-state index in [2.05, 4.69) is 4.90 Å². The van der Waals surface area contributed by atoms with E-state index < -0.39 is 5.60 Å². The van der Waals surface area contributed by atoms with Gasteiger partial charge in [0.15, 0.2) is 0 Å². The summed E-state index contributed by atoms with van der Waals surface area (Å²) in [6.45, 7) is 3.08. The zero-order valence-corrected chi connectivity index (χ0v) is 11.6. The predicted octanol–water partition coefficient (Wildman–Crippen LogP) is 0.944. The molecule has 0 bridgehead atoms. The summed E-state index contributed by atoms with van der Waals surface area (Å²) in [4.78, 5) is 2.33. The van der Waals surface area contributed by atoms with Crippen LogP contribution in [0.25, 0.3) is 0 Å². The number of methoxy groups -OCH3 is 1. The van der Waals surface area contributed by atoms with Gasteiger partial charge in [0.25, 0.3) is 0 Å². The average molecular weight is 264 g/mol. The highest BCUT2D eigenvalue weighted by Crippen LogP contribution is 2.25. The number of nitrogens with two attached hydrogens (primary N) is 1. The minimum atomic E-state index is -0.924. The van der Waals surface area contributed by atoms with Crippen LogP contribution in [0, 0.1) is 0 Å². The van der Waals surface area contributed by atoms with Gasteiger partial charge in [-0.3, -0.25) is 0 Å². The highest BCUT2D eigenvalue weighted by atomic mass is 16.5. The van der Waals surface area contributed by atoms with Crippen LogP contribution in [0.3, 0.4) is 0 Å². The summed E-state index contributed by atoms with van der Waals surface area (Å²) in [5, 5.41) is 10.7. The summed E-state index contributed by atoms with van der Waals surface area (Å²) in [5.41, 5.74) is 5.76. The van der Waals surface area contributed by atoms with Gasteiger partial charge in [-0.15, -0.1) is 0 Å². The van der Waals surface area contributed by atoms with Gasteiger partial charge in [-0.05, 0) is 18.4 Å². The normalized spacial score (nSPS) is 23.4. The van der Waals surface area contributed by atoms with E-state index >= 15 is 0 Å². The van der Waals surface area contributed by atoms with Crippen molar-refractivity contribution in [3.8, 4) is 0 Å². The largest absolute Gasteiger partial charge is 0.384 e. The molecule has 0 aliphatic carbocycles. The SMILES string of the molecule is COC1CCN(CCC(O)(CN)c2ccccc2)C1. The van der Waals surface area contributed by atoms with Crippen LogP contribution in [0.2, 0.25) is 0 Å². The third-order valence-electron chi connectivity index (χ3n) is 4.05. The molecular formula is C15H24N2O2. The van der Waals surface area contributed by atoms with Gasteiger partial charge in [0.2, 0.25) is 0 Å². The zero-order valence-electron chi connectivity index (χ0n) is 11.6. The third-order valence-corrected chi connectivity index (χ3v) is 4.05. The molecule has 4 heteroatoms. The Balaban J connectivity index is 1.93. The smallest absolute Gasteiger partial charge is 0.103 e. The van der Waals surface area contributed by atoms with E-state index in [4.69, 9.17) is 10.5 Å². The monoisotopic (exact) mass is 264 g/mol. The first-order valence-corrected chi connectivity index (χ1v) is 6.91. The summed E-state index contributed by atoms with van der Waals surface area (Å²) in [6.07, 6.45) is 2.06. The molecule has 1 heterocycles. The molecule has 1 saturated heterocycles. The summed E-state index contributed by atoms with van der Waals surface area (Å²) in [7, 11) is 1.76. The molecule has 2 unspecified atom stereocenters. The van der Waals surface area contributed by atoms with Gasteiger partial charge in [0.05, 0.1) is 6.10 Å². The summed E-state index contributed by atoms with van der Waals surface area (Å²) < 4.78 is 5.36. The molecule has 3 N–H and O–H groups in total. The molecular weight excluding hydrogens is 240 g/mol. The molecule has 0 amide bonds. The zero-order chi connectivity index (χ0) is 13.7. The number of likely N-dealkylation sites (tertiary alicyclic amines) is 1. The van der Waals surface area contributed by atoms with Gasteiger partial charge in [0.1, 0.15) is 5.60 Å². The molecule has 1 fully saturated rings. The molecule has 0 saturated carbocycles. The maximum atomic E-state index is 10.7. The molecule has 19 heavy (non-hydrogen) atoms. The van der Waals surface area contributed by atoms with Gasteiger partial charge >= 0.3 is 0 Å². The van der Waals surface area contributed by atoms with E-state index in [9.17, 15) is 5.11 Å². The molecule has 106 valence electrons. The lowest BCUT2D eigenvalue weighted by molar-refractivity contribution is 0.0258. The molecule has 0 radical (unpaired) electrons. The molecule has 0 spiro atoms. The number of nitrogens with zero attached hydrogens (tertiary/aromatic N) is 1. The van der Waals surface area contributed by atoms with E-state index in [-0.39, 0.29) is 6.54 Å². The first kappa shape index (κ1) is 14.5. The van der Waals surface area contributed by atoms with Crippen molar-refractivity contribution in [1.82, 2.24) is 4.90 Å². The maximum Gasteiger partial charge on any atom is 0.103 e. The van der Waals surface area contributed by atoms with Gasteiger partial charge < -0.3 is 20.5 Å². The van der Waals surface area contributed by atoms with Crippen molar-refractivity contribution in [2.45, 2.75) is 24.5 Å². The Morgan fingerprint density at radius 3 is 2.74 bits per heavy atom. The summed E-state index contributed by atoms with van der Waals surface area (Å²) >= 11 is 0. The Bertz CT molecular complexity index is 385. The number of ether oxygens (including phenoxy) is 1. The van der Waals surface area contributed by atoms with Crippen LogP contribution in [-0.4, -0.2) is 49.4 Å². The molecule has 2 atom stereocenters. The fourth-order valence-electron chi connectivity index (χ4n) is 2.65. The van der Waals surface area contributed by atoms with Crippen LogP contribution in [0.15, 0.2) is 30.3 Å². The Labute approximate surface area is 115 Å². The highest BCUT2D eigenvalue weighted by Gasteiger charge is 2.30. The van der Waals surface area contributed by atoms with Crippen LogP contribution in [-0.2, 0) is 10.3 Å². The first-order chi connectivity index (χ1) is 9.18. The lowest BCUT2D eigenvalue weighted by Gasteiger charge is -2.29. The molecule has 1 aromatic carbocycles. The van der Waals surface area contributed by atoms with E-state index in [0.717, 1.165) is 31.6 Å². The van der Waals surface area contributed by atoms with E-state index in [1.54, 1.807) is 7.11 Å². The molecule has 1 aromatic rings. The Kier molecular flexibility index (Phi) is 4.93. The van der Waals surface area contributed by atoms with Crippen molar-refractivity contribution in [2.24, 2.45) is 5.73 Å². The minimum absolute atomic E-state index is 0.249. The van der Waals surface area contributed by atoms with Gasteiger partial charge in [-0.2, -0.15) is 0 Å². The van der Waals surface area contributed by atoms with Crippen LogP contribution in [0.4, 0.5) is 0 Å². The van der Waals surface area contributed by atoms with Crippen molar-refractivity contribution in [1.29, 1.82) is 0 Å². The van der Waals surface area contributed by atoms with Gasteiger partial charge in [-0.1, -0.05) is 30.3 Å². The second-order valence-electron chi connectivity index (χ2n) is 5.30. The quantitative estimate of drug-likeness (QED) is 0.803. The van der Waals surface area contributed by atoms with Crippen molar-refractivity contribution in [2.75, 3.05) is 33.3 Å². The summed E-state index contributed by atoms with van der Waals surface area (Å²) in [6, 6.07) is 9.70. The fraction of sp³-hybridized carbons (Fsp3) is 0.600. The first-order valence-electron chi connectivity index (χ1n) is 6.91. The average Bonchev–Trinajstić information content (AvgIpc) is 2.94. The highest BCUT2D eigenvalue weighted by molar-refractivity contribution is 5.22. The van der Waals surface area contributed by atoms with Crippen LogP contribution >= 0.6 is 0 Å². The Morgan fingerprint density at radius 1 is 1.42 bits per heavy atom. The number of hydrogen-bond acceptors (Lipinski definition) is 4. The van der Waals surface area contributed by atoms with Gasteiger partial charge in [0, 0.05) is 33.3 Å². The molecule has 1 aliphatic heterocycles. The number of aliphatic hydroxyl groups is 1. The minimum Gasteiger partial charge on any atom is -0.384 e. The van der Waals surface area contributed by atoms with Crippen molar-refractivity contribution >= 4 is 0 Å².